The molecular formula is C21H23N5O. The lowest BCUT2D eigenvalue weighted by atomic mass is 9.93. The number of hydrogen-bond acceptors (Lipinski definition) is 4. The minimum Gasteiger partial charge on any atom is -0.338 e. The highest BCUT2D eigenvalue weighted by atomic mass is 16.2. The van der Waals surface area contributed by atoms with Crippen LogP contribution in [0.4, 0.5) is 0 Å². The van der Waals surface area contributed by atoms with E-state index in [4.69, 9.17) is 0 Å². The van der Waals surface area contributed by atoms with E-state index in [0.717, 1.165) is 48.7 Å². The maximum Gasteiger partial charge on any atom is 0.253 e. The topological polar surface area (TPSA) is 63.9 Å². The zero-order valence-electron chi connectivity index (χ0n) is 15.5. The van der Waals surface area contributed by atoms with Gasteiger partial charge in [0, 0.05) is 55.8 Å². The van der Waals surface area contributed by atoms with Crippen LogP contribution in [0.2, 0.25) is 0 Å². The number of amides is 1. The molecule has 2 aromatic heterocycles. The molecule has 1 atom stereocenters. The highest BCUT2D eigenvalue weighted by Crippen LogP contribution is 2.29. The van der Waals surface area contributed by atoms with Crippen molar-refractivity contribution >= 4 is 5.91 Å². The van der Waals surface area contributed by atoms with Crippen LogP contribution >= 0.6 is 0 Å². The Kier molecular flexibility index (Phi) is 4.96. The summed E-state index contributed by atoms with van der Waals surface area (Å²) in [7, 11) is 0. The van der Waals surface area contributed by atoms with Gasteiger partial charge in [-0.15, -0.1) is 0 Å². The second kappa shape index (κ2) is 7.70. The summed E-state index contributed by atoms with van der Waals surface area (Å²) >= 11 is 0. The van der Waals surface area contributed by atoms with Gasteiger partial charge >= 0.3 is 0 Å². The average molecular weight is 361 g/mol. The molecule has 1 aliphatic rings. The summed E-state index contributed by atoms with van der Waals surface area (Å²) in [6.45, 7) is 3.52. The van der Waals surface area contributed by atoms with E-state index in [-0.39, 0.29) is 11.8 Å². The molecular weight excluding hydrogens is 338 g/mol. The largest absolute Gasteiger partial charge is 0.338 e. The van der Waals surface area contributed by atoms with Crippen molar-refractivity contribution in [2.24, 2.45) is 0 Å². The Morgan fingerprint density at radius 3 is 2.74 bits per heavy atom. The number of carbonyl (C=O) groups is 1. The predicted molar refractivity (Wildman–Crippen MR) is 103 cm³/mol. The Bertz CT molecular complexity index is 921. The molecule has 0 spiro atoms. The van der Waals surface area contributed by atoms with Gasteiger partial charge in [0.05, 0.1) is 5.69 Å². The van der Waals surface area contributed by atoms with E-state index in [1.165, 1.54) is 0 Å². The maximum atomic E-state index is 12.9. The Morgan fingerprint density at radius 1 is 1.11 bits per heavy atom. The molecule has 0 N–H and O–H groups in total. The molecule has 0 aliphatic carbocycles. The molecule has 6 nitrogen and oxygen atoms in total. The zero-order valence-corrected chi connectivity index (χ0v) is 15.5. The Morgan fingerprint density at radius 2 is 1.93 bits per heavy atom. The molecule has 3 aromatic rings. The van der Waals surface area contributed by atoms with Crippen LogP contribution in [0.3, 0.4) is 0 Å². The van der Waals surface area contributed by atoms with Gasteiger partial charge in [-0.2, -0.15) is 0 Å². The Labute approximate surface area is 158 Å². The fraction of sp³-hybridized carbons (Fsp3) is 0.333. The van der Waals surface area contributed by atoms with E-state index >= 15 is 0 Å². The van der Waals surface area contributed by atoms with E-state index in [1.807, 2.05) is 46.0 Å². The van der Waals surface area contributed by atoms with Gasteiger partial charge in [0.1, 0.15) is 5.82 Å². The average Bonchev–Trinajstić information content (AvgIpc) is 3.23. The second-order valence-corrected chi connectivity index (χ2v) is 6.79. The summed E-state index contributed by atoms with van der Waals surface area (Å²) in [4.78, 5) is 28.5. The number of likely N-dealkylation sites (tertiary alicyclic amines) is 1. The molecule has 1 aliphatic heterocycles. The molecule has 1 saturated heterocycles. The molecule has 27 heavy (non-hydrogen) atoms. The first-order chi connectivity index (χ1) is 13.3. The van der Waals surface area contributed by atoms with Crippen LogP contribution in [0.1, 0.15) is 47.6 Å². The number of imidazole rings is 1. The highest BCUT2D eigenvalue weighted by molar-refractivity contribution is 5.94. The first-order valence-corrected chi connectivity index (χ1v) is 9.45. The van der Waals surface area contributed by atoms with Crippen LogP contribution in [-0.4, -0.2) is 43.4 Å². The van der Waals surface area contributed by atoms with E-state index in [2.05, 4.69) is 21.9 Å². The van der Waals surface area contributed by atoms with Crippen LogP contribution in [-0.2, 0) is 6.42 Å². The minimum atomic E-state index is 0.0858. The Balaban J connectivity index is 1.62. The van der Waals surface area contributed by atoms with Crippen LogP contribution < -0.4 is 0 Å². The van der Waals surface area contributed by atoms with Crippen molar-refractivity contribution in [3.63, 3.8) is 0 Å². The number of rotatable bonds is 4. The quantitative estimate of drug-likeness (QED) is 0.716. The van der Waals surface area contributed by atoms with Crippen molar-refractivity contribution in [3.05, 3.63) is 72.2 Å². The zero-order chi connectivity index (χ0) is 18.6. The minimum absolute atomic E-state index is 0.0858. The van der Waals surface area contributed by atoms with Crippen molar-refractivity contribution in [2.45, 2.75) is 32.1 Å². The number of benzene rings is 1. The lowest BCUT2D eigenvalue weighted by Crippen LogP contribution is -2.39. The maximum absolute atomic E-state index is 12.9. The lowest BCUT2D eigenvalue weighted by Gasteiger charge is -2.33. The Hall–Kier alpha value is -3.02. The first-order valence-electron chi connectivity index (χ1n) is 9.45. The van der Waals surface area contributed by atoms with Crippen LogP contribution in [0, 0.1) is 0 Å². The highest BCUT2D eigenvalue weighted by Gasteiger charge is 2.28. The van der Waals surface area contributed by atoms with Crippen molar-refractivity contribution < 1.29 is 4.79 Å². The number of aryl methyl sites for hydroxylation is 1. The summed E-state index contributed by atoms with van der Waals surface area (Å²) in [5, 5.41) is 0. The van der Waals surface area contributed by atoms with Crippen molar-refractivity contribution in [3.8, 4) is 5.82 Å². The summed E-state index contributed by atoms with van der Waals surface area (Å²) in [6, 6.07) is 9.48. The normalized spacial score (nSPS) is 17.1. The van der Waals surface area contributed by atoms with Crippen molar-refractivity contribution in [2.75, 3.05) is 13.1 Å². The van der Waals surface area contributed by atoms with Gasteiger partial charge in [-0.3, -0.25) is 14.3 Å². The van der Waals surface area contributed by atoms with Gasteiger partial charge in [0.15, 0.2) is 5.82 Å². The van der Waals surface area contributed by atoms with Gasteiger partial charge in [-0.25, -0.2) is 9.97 Å². The molecule has 4 rings (SSSR count). The third-order valence-corrected chi connectivity index (χ3v) is 5.08. The third kappa shape index (κ3) is 3.47. The van der Waals surface area contributed by atoms with E-state index in [1.54, 1.807) is 18.6 Å². The number of nitrogens with zero attached hydrogens (tertiary/aromatic N) is 5. The molecule has 6 heteroatoms. The number of piperidine rings is 1. The van der Waals surface area contributed by atoms with E-state index in [9.17, 15) is 4.79 Å². The predicted octanol–water partition coefficient (Wildman–Crippen LogP) is 3.24. The summed E-state index contributed by atoms with van der Waals surface area (Å²) in [5.74, 6) is 2.04. The lowest BCUT2D eigenvalue weighted by molar-refractivity contribution is 0.0705. The molecule has 0 bridgehead atoms. The molecule has 1 amide bonds. The molecule has 138 valence electrons. The fourth-order valence-electron chi connectivity index (χ4n) is 3.75. The second-order valence-electron chi connectivity index (χ2n) is 6.79. The summed E-state index contributed by atoms with van der Waals surface area (Å²) in [6.07, 6.45) is 9.97. The molecule has 1 aromatic carbocycles. The first kappa shape index (κ1) is 17.4. The van der Waals surface area contributed by atoms with Gasteiger partial charge in [-0.1, -0.05) is 25.1 Å². The molecule has 3 heterocycles. The summed E-state index contributed by atoms with van der Waals surface area (Å²) < 4.78 is 2.01. The van der Waals surface area contributed by atoms with Crippen molar-refractivity contribution in [1.82, 2.24) is 24.4 Å². The molecule has 1 unspecified atom stereocenters. The molecule has 1 fully saturated rings. The molecule has 0 radical (unpaired) electrons. The van der Waals surface area contributed by atoms with Crippen molar-refractivity contribution in [1.29, 1.82) is 0 Å². The van der Waals surface area contributed by atoms with Crippen LogP contribution in [0.5, 0.6) is 0 Å². The monoisotopic (exact) mass is 361 g/mol. The fourth-order valence-corrected chi connectivity index (χ4v) is 3.75. The van der Waals surface area contributed by atoms with Gasteiger partial charge in [-0.05, 0) is 25.0 Å². The number of hydrogen-bond donors (Lipinski definition) is 0. The summed E-state index contributed by atoms with van der Waals surface area (Å²) in [5.41, 5.74) is 1.68. The van der Waals surface area contributed by atoms with Crippen LogP contribution in [0.25, 0.3) is 5.82 Å². The smallest absolute Gasteiger partial charge is 0.253 e. The SMILES string of the molecule is CCc1nccn1-c1nccnc1C1CCCN(C(=O)c2ccccc2)C1. The van der Waals surface area contributed by atoms with Gasteiger partial charge in [0.2, 0.25) is 0 Å². The third-order valence-electron chi connectivity index (χ3n) is 5.08. The van der Waals surface area contributed by atoms with Crippen LogP contribution in [0.15, 0.2) is 55.1 Å². The van der Waals surface area contributed by atoms with Gasteiger partial charge in [0.25, 0.3) is 5.91 Å². The number of aromatic nitrogens is 4. The number of carbonyl (C=O) groups excluding carboxylic acids is 1. The molecule has 0 saturated carbocycles. The standard InChI is InChI=1S/C21H23N5O/c1-2-18-22-12-14-26(18)20-19(23-10-11-24-20)17-9-6-13-25(15-17)21(27)16-7-4-3-5-8-16/h3-5,7-8,10-12,14,17H,2,6,9,13,15H2,1H3. The van der Waals surface area contributed by atoms with E-state index in [0.29, 0.717) is 6.54 Å². The van der Waals surface area contributed by atoms with E-state index < -0.39 is 0 Å². The van der Waals surface area contributed by atoms with Gasteiger partial charge < -0.3 is 4.90 Å².